The highest BCUT2D eigenvalue weighted by Crippen LogP contribution is 2.41. The molecule has 0 saturated heterocycles. The number of aldehydes is 1. The summed E-state index contributed by atoms with van der Waals surface area (Å²) in [6, 6.07) is 1.45. The molecule has 0 aliphatic heterocycles. The predicted octanol–water partition coefficient (Wildman–Crippen LogP) is 3.06. The van der Waals surface area contributed by atoms with Crippen molar-refractivity contribution in [2.24, 2.45) is 0 Å². The molecule has 88 valence electrons. The minimum atomic E-state index is -0.0305. The van der Waals surface area contributed by atoms with Gasteiger partial charge in [0.1, 0.15) is 6.29 Å². The molecule has 1 aromatic carbocycles. The van der Waals surface area contributed by atoms with E-state index in [0.717, 1.165) is 17.4 Å². The molecule has 1 aromatic rings. The fourth-order valence-corrected chi connectivity index (χ4v) is 2.01. The molecule has 1 unspecified atom stereocenters. The lowest BCUT2D eigenvalue weighted by atomic mass is 9.92. The summed E-state index contributed by atoms with van der Waals surface area (Å²) in [6.07, 6.45) is 1.22. The Bertz CT molecular complexity index is 402. The van der Waals surface area contributed by atoms with E-state index >= 15 is 0 Å². The quantitative estimate of drug-likeness (QED) is 0.826. The van der Waals surface area contributed by atoms with Crippen LogP contribution in [0.15, 0.2) is 6.07 Å². The third-order valence-electron chi connectivity index (χ3n) is 2.65. The summed E-state index contributed by atoms with van der Waals surface area (Å²) >= 11 is 5.99. The minimum Gasteiger partial charge on any atom is -0.504 e. The van der Waals surface area contributed by atoms with Crippen LogP contribution in [0.5, 0.6) is 11.5 Å². The van der Waals surface area contributed by atoms with E-state index in [1.54, 1.807) is 0 Å². The summed E-state index contributed by atoms with van der Waals surface area (Å²) in [7, 11) is 1.49. The summed E-state index contributed by atoms with van der Waals surface area (Å²) in [5, 5.41) is 10.2. The van der Waals surface area contributed by atoms with Gasteiger partial charge in [0.05, 0.1) is 7.11 Å². The van der Waals surface area contributed by atoms with Crippen molar-refractivity contribution < 1.29 is 14.6 Å². The summed E-state index contributed by atoms with van der Waals surface area (Å²) in [5.74, 6) is 0.374. The Morgan fingerprint density at radius 2 is 2.25 bits per heavy atom. The number of hydrogen-bond acceptors (Lipinski definition) is 3. The van der Waals surface area contributed by atoms with Crippen LogP contribution >= 0.6 is 11.6 Å². The molecule has 0 aromatic heterocycles. The number of phenols is 1. The zero-order valence-electron chi connectivity index (χ0n) is 9.58. The molecule has 3 nitrogen and oxygen atoms in total. The van der Waals surface area contributed by atoms with Gasteiger partial charge in [0, 0.05) is 23.1 Å². The molecule has 0 radical (unpaired) electrons. The molecular weight excluding hydrogens is 228 g/mol. The minimum absolute atomic E-state index is 0.00542. The fraction of sp³-hybridized carbons (Fsp3) is 0.417. The number of halogens is 1. The van der Waals surface area contributed by atoms with E-state index in [0.29, 0.717) is 17.2 Å². The molecule has 4 heteroatoms. The highest BCUT2D eigenvalue weighted by Gasteiger charge is 2.19. The van der Waals surface area contributed by atoms with Gasteiger partial charge in [-0.3, -0.25) is 0 Å². The van der Waals surface area contributed by atoms with Gasteiger partial charge in [0.15, 0.2) is 11.5 Å². The molecule has 0 amide bonds. The zero-order chi connectivity index (χ0) is 12.3. The van der Waals surface area contributed by atoms with Crippen molar-refractivity contribution in [3.63, 3.8) is 0 Å². The molecule has 1 atom stereocenters. The van der Waals surface area contributed by atoms with Crippen molar-refractivity contribution in [1.29, 1.82) is 0 Å². The van der Waals surface area contributed by atoms with Crippen molar-refractivity contribution in [3.05, 3.63) is 22.2 Å². The first-order chi connectivity index (χ1) is 7.52. The smallest absolute Gasteiger partial charge is 0.164 e. The van der Waals surface area contributed by atoms with Gasteiger partial charge < -0.3 is 14.6 Å². The predicted molar refractivity (Wildman–Crippen MR) is 63.5 cm³/mol. The lowest BCUT2D eigenvalue weighted by Crippen LogP contribution is -2.02. The van der Waals surface area contributed by atoms with Crippen molar-refractivity contribution in [1.82, 2.24) is 0 Å². The van der Waals surface area contributed by atoms with Crippen molar-refractivity contribution in [2.75, 3.05) is 7.11 Å². The number of benzene rings is 1. The number of carbonyl (C=O) groups excluding carboxylic acids is 1. The van der Waals surface area contributed by atoms with Crippen LogP contribution in [0.2, 0.25) is 5.02 Å². The molecule has 0 saturated carbocycles. The van der Waals surface area contributed by atoms with Crippen LogP contribution < -0.4 is 4.74 Å². The van der Waals surface area contributed by atoms with Crippen LogP contribution in [0.4, 0.5) is 0 Å². The lowest BCUT2D eigenvalue weighted by molar-refractivity contribution is -0.108. The van der Waals surface area contributed by atoms with E-state index in [1.165, 1.54) is 13.2 Å². The van der Waals surface area contributed by atoms with Crippen LogP contribution in [-0.2, 0) is 4.79 Å². The number of ether oxygens (including phenoxy) is 1. The highest BCUT2D eigenvalue weighted by molar-refractivity contribution is 6.31. The van der Waals surface area contributed by atoms with Crippen molar-refractivity contribution >= 4 is 17.9 Å². The molecule has 0 spiro atoms. The van der Waals surface area contributed by atoms with Gasteiger partial charge in [-0.2, -0.15) is 0 Å². The number of hydrogen-bond donors (Lipinski definition) is 1. The second-order valence-corrected chi connectivity index (χ2v) is 4.16. The van der Waals surface area contributed by atoms with E-state index in [4.69, 9.17) is 16.3 Å². The first-order valence-corrected chi connectivity index (χ1v) is 5.40. The molecule has 1 rings (SSSR count). The molecule has 16 heavy (non-hydrogen) atoms. The number of aromatic hydroxyl groups is 1. The Morgan fingerprint density at radius 1 is 1.62 bits per heavy atom. The maximum atomic E-state index is 10.5. The van der Waals surface area contributed by atoms with Gasteiger partial charge >= 0.3 is 0 Å². The third kappa shape index (κ3) is 2.30. The Labute approximate surface area is 100.0 Å². The van der Waals surface area contributed by atoms with Crippen LogP contribution in [0.1, 0.15) is 30.4 Å². The van der Waals surface area contributed by atoms with E-state index in [-0.39, 0.29) is 11.7 Å². The van der Waals surface area contributed by atoms with Crippen LogP contribution in [0.3, 0.4) is 0 Å². The summed E-state index contributed by atoms with van der Waals surface area (Å²) in [4.78, 5) is 10.5. The monoisotopic (exact) mass is 242 g/mol. The molecular formula is C12H15ClO3. The standard InChI is InChI=1S/C12H15ClO3/c1-7(4-5-14)11-8(2)9(13)6-10(15)12(11)16-3/h5-7,15H,4H2,1-3H3. The summed E-state index contributed by atoms with van der Waals surface area (Å²) < 4.78 is 5.15. The largest absolute Gasteiger partial charge is 0.504 e. The van der Waals surface area contributed by atoms with Crippen LogP contribution in [0, 0.1) is 6.92 Å². The van der Waals surface area contributed by atoms with Gasteiger partial charge in [-0.1, -0.05) is 18.5 Å². The third-order valence-corrected chi connectivity index (χ3v) is 3.04. The Kier molecular flexibility index (Phi) is 4.19. The normalized spacial score (nSPS) is 12.2. The lowest BCUT2D eigenvalue weighted by Gasteiger charge is -2.18. The Balaban J connectivity index is 3.37. The highest BCUT2D eigenvalue weighted by atomic mass is 35.5. The van der Waals surface area contributed by atoms with E-state index in [9.17, 15) is 9.90 Å². The van der Waals surface area contributed by atoms with Crippen molar-refractivity contribution in [2.45, 2.75) is 26.2 Å². The average Bonchev–Trinajstić information content (AvgIpc) is 2.23. The van der Waals surface area contributed by atoms with E-state index in [2.05, 4.69) is 0 Å². The summed E-state index contributed by atoms with van der Waals surface area (Å²) in [5.41, 5.74) is 1.63. The van der Waals surface area contributed by atoms with Crippen molar-refractivity contribution in [3.8, 4) is 11.5 Å². The molecule has 0 bridgehead atoms. The maximum absolute atomic E-state index is 10.5. The van der Waals surface area contributed by atoms with Crippen LogP contribution in [0.25, 0.3) is 0 Å². The molecule has 0 fully saturated rings. The number of rotatable bonds is 4. The average molecular weight is 243 g/mol. The van der Waals surface area contributed by atoms with Gasteiger partial charge in [-0.25, -0.2) is 0 Å². The Hall–Kier alpha value is -1.22. The number of methoxy groups -OCH3 is 1. The van der Waals surface area contributed by atoms with E-state index in [1.807, 2.05) is 13.8 Å². The topological polar surface area (TPSA) is 46.5 Å². The number of phenolic OH excluding ortho intramolecular Hbond substituents is 1. The maximum Gasteiger partial charge on any atom is 0.164 e. The molecule has 0 aliphatic carbocycles. The SMILES string of the molecule is COc1c(O)cc(Cl)c(C)c1C(C)CC=O. The summed E-state index contributed by atoms with van der Waals surface area (Å²) in [6.45, 7) is 3.75. The zero-order valence-corrected chi connectivity index (χ0v) is 10.3. The Morgan fingerprint density at radius 3 is 2.75 bits per heavy atom. The second-order valence-electron chi connectivity index (χ2n) is 3.75. The van der Waals surface area contributed by atoms with Gasteiger partial charge in [-0.15, -0.1) is 0 Å². The molecule has 0 heterocycles. The second kappa shape index (κ2) is 5.21. The molecule has 1 N–H and O–H groups in total. The number of carbonyl (C=O) groups is 1. The fourth-order valence-electron chi connectivity index (χ4n) is 1.80. The van der Waals surface area contributed by atoms with Crippen LogP contribution in [-0.4, -0.2) is 18.5 Å². The van der Waals surface area contributed by atoms with E-state index < -0.39 is 0 Å². The van der Waals surface area contributed by atoms with Gasteiger partial charge in [0.2, 0.25) is 0 Å². The first kappa shape index (κ1) is 12.8. The van der Waals surface area contributed by atoms with Gasteiger partial charge in [-0.05, 0) is 18.4 Å². The first-order valence-electron chi connectivity index (χ1n) is 5.02. The van der Waals surface area contributed by atoms with Gasteiger partial charge in [0.25, 0.3) is 0 Å². The molecule has 0 aliphatic rings.